The van der Waals surface area contributed by atoms with Gasteiger partial charge in [-0.1, -0.05) is 18.0 Å². The van der Waals surface area contributed by atoms with Gasteiger partial charge in [0.2, 0.25) is 11.9 Å². The summed E-state index contributed by atoms with van der Waals surface area (Å²) in [6.45, 7) is 0. The number of nitrogens with zero attached hydrogens (tertiary/aromatic N) is 5. The second-order valence-electron chi connectivity index (χ2n) is 7.10. The molecule has 0 amide bonds. The first-order valence-electron chi connectivity index (χ1n) is 9.12. The third-order valence-electron chi connectivity index (χ3n) is 5.17. The summed E-state index contributed by atoms with van der Waals surface area (Å²) in [6.07, 6.45) is 1.26. The number of rotatable bonds is 2. The van der Waals surface area contributed by atoms with Gasteiger partial charge in [-0.2, -0.15) is 23.3 Å². The standard InChI is InChI=1S/C18H19ClF3N7/c19-12-10-11(4-5-13(12)28-9-6-14(27-28)18(20,21)22)29-16(24)25-15(23)26-17(29)7-2-1-3-8-17/h4-6,9-10H,1-3,7-8H2,(H4,23,24,25,26). The highest BCUT2D eigenvalue weighted by Gasteiger charge is 2.42. The van der Waals surface area contributed by atoms with E-state index in [9.17, 15) is 13.2 Å². The molecular weight excluding hydrogens is 407 g/mol. The van der Waals surface area contributed by atoms with Gasteiger partial charge in [-0.05, 0) is 49.9 Å². The normalized spacial score (nSPS) is 19.2. The Balaban J connectivity index is 1.72. The van der Waals surface area contributed by atoms with Crippen molar-refractivity contribution in [3.8, 4) is 5.69 Å². The van der Waals surface area contributed by atoms with Gasteiger partial charge in [0.25, 0.3) is 0 Å². The zero-order chi connectivity index (χ0) is 20.8. The molecule has 2 aromatic rings. The molecule has 4 N–H and O–H groups in total. The Morgan fingerprint density at radius 1 is 1.07 bits per heavy atom. The zero-order valence-electron chi connectivity index (χ0n) is 15.3. The van der Waals surface area contributed by atoms with Crippen molar-refractivity contribution in [1.82, 2.24) is 9.78 Å². The van der Waals surface area contributed by atoms with Gasteiger partial charge in [-0.25, -0.2) is 9.67 Å². The summed E-state index contributed by atoms with van der Waals surface area (Å²) in [5.41, 5.74) is 11.4. The Bertz CT molecular complexity index is 990. The maximum absolute atomic E-state index is 12.8. The molecule has 0 saturated heterocycles. The summed E-state index contributed by atoms with van der Waals surface area (Å²) < 4.78 is 39.6. The van der Waals surface area contributed by atoms with Crippen LogP contribution in [0.3, 0.4) is 0 Å². The van der Waals surface area contributed by atoms with Gasteiger partial charge >= 0.3 is 6.18 Å². The molecule has 0 atom stereocenters. The largest absolute Gasteiger partial charge is 0.435 e. The highest BCUT2D eigenvalue weighted by Crippen LogP contribution is 2.40. The summed E-state index contributed by atoms with van der Waals surface area (Å²) in [4.78, 5) is 10.5. The van der Waals surface area contributed by atoms with E-state index in [4.69, 9.17) is 23.1 Å². The molecule has 1 saturated carbocycles. The number of nitrogens with two attached hydrogens (primary N) is 2. The predicted octanol–water partition coefficient (Wildman–Crippen LogP) is 3.65. The third-order valence-corrected chi connectivity index (χ3v) is 5.47. The van der Waals surface area contributed by atoms with E-state index >= 15 is 0 Å². The summed E-state index contributed by atoms with van der Waals surface area (Å²) in [5.74, 6) is 0.348. The van der Waals surface area contributed by atoms with Crippen molar-refractivity contribution < 1.29 is 13.2 Å². The lowest BCUT2D eigenvalue weighted by Gasteiger charge is -2.45. The van der Waals surface area contributed by atoms with Crippen molar-refractivity contribution in [3.05, 3.63) is 41.2 Å². The minimum atomic E-state index is -4.53. The fourth-order valence-corrected chi connectivity index (χ4v) is 4.19. The molecule has 1 aromatic heterocycles. The van der Waals surface area contributed by atoms with Crippen LogP contribution in [0.2, 0.25) is 5.02 Å². The van der Waals surface area contributed by atoms with E-state index in [1.165, 1.54) is 6.20 Å². The van der Waals surface area contributed by atoms with Crippen LogP contribution in [0, 0.1) is 0 Å². The van der Waals surface area contributed by atoms with Crippen LogP contribution in [0.4, 0.5) is 18.9 Å². The van der Waals surface area contributed by atoms with E-state index in [0.29, 0.717) is 11.4 Å². The van der Waals surface area contributed by atoms with Crippen LogP contribution in [-0.2, 0) is 6.18 Å². The number of aromatic nitrogens is 2. The smallest absolute Gasteiger partial charge is 0.369 e. The van der Waals surface area contributed by atoms with Gasteiger partial charge in [-0.15, -0.1) is 0 Å². The van der Waals surface area contributed by atoms with Crippen molar-refractivity contribution in [2.75, 3.05) is 4.90 Å². The summed E-state index contributed by atoms with van der Waals surface area (Å²) in [7, 11) is 0. The maximum atomic E-state index is 12.8. The van der Waals surface area contributed by atoms with Gasteiger partial charge in [0, 0.05) is 11.9 Å². The number of hydrogen-bond acceptors (Lipinski definition) is 6. The van der Waals surface area contributed by atoms with E-state index < -0.39 is 17.5 Å². The van der Waals surface area contributed by atoms with Crippen molar-refractivity contribution in [1.29, 1.82) is 0 Å². The first kappa shape index (κ1) is 19.6. The molecular formula is C18H19ClF3N7. The number of hydrogen-bond donors (Lipinski definition) is 2. The van der Waals surface area contributed by atoms with Crippen LogP contribution in [0.15, 0.2) is 40.4 Å². The number of aliphatic imine (C=N–C) groups is 2. The van der Waals surface area contributed by atoms with Crippen LogP contribution in [0.25, 0.3) is 5.69 Å². The first-order valence-corrected chi connectivity index (χ1v) is 9.50. The molecule has 4 rings (SSSR count). The minimum Gasteiger partial charge on any atom is -0.369 e. The fourth-order valence-electron chi connectivity index (χ4n) is 3.92. The van der Waals surface area contributed by atoms with Gasteiger partial charge < -0.3 is 11.5 Å². The Labute approximate surface area is 169 Å². The van der Waals surface area contributed by atoms with Crippen molar-refractivity contribution in [2.45, 2.75) is 43.9 Å². The molecule has 0 unspecified atom stereocenters. The Hall–Kier alpha value is -2.75. The molecule has 2 aliphatic rings. The summed E-state index contributed by atoms with van der Waals surface area (Å²) >= 11 is 6.40. The average molecular weight is 426 g/mol. The van der Waals surface area contributed by atoms with Crippen molar-refractivity contribution in [3.63, 3.8) is 0 Å². The number of halogens is 4. The van der Waals surface area contributed by atoms with E-state index in [1.54, 1.807) is 18.2 Å². The van der Waals surface area contributed by atoms with Crippen molar-refractivity contribution in [2.24, 2.45) is 21.5 Å². The molecule has 1 aromatic carbocycles. The fraction of sp³-hybridized carbons (Fsp3) is 0.389. The lowest BCUT2D eigenvalue weighted by molar-refractivity contribution is -0.141. The van der Waals surface area contributed by atoms with Gasteiger partial charge in [0.15, 0.2) is 5.69 Å². The molecule has 2 heterocycles. The average Bonchev–Trinajstić information content (AvgIpc) is 3.12. The number of anilines is 1. The Morgan fingerprint density at radius 2 is 1.79 bits per heavy atom. The molecule has 1 aliphatic heterocycles. The quantitative estimate of drug-likeness (QED) is 0.767. The Kier molecular flexibility index (Phi) is 4.68. The second kappa shape index (κ2) is 6.94. The van der Waals surface area contributed by atoms with Crippen LogP contribution < -0.4 is 16.4 Å². The van der Waals surface area contributed by atoms with Crippen molar-refractivity contribution >= 4 is 29.2 Å². The Morgan fingerprint density at radius 3 is 2.41 bits per heavy atom. The molecule has 11 heteroatoms. The summed E-state index contributed by atoms with van der Waals surface area (Å²) in [6, 6.07) is 5.83. The van der Waals surface area contributed by atoms with E-state index in [1.807, 2.05) is 4.90 Å². The first-order chi connectivity index (χ1) is 13.7. The zero-order valence-corrected chi connectivity index (χ0v) is 16.1. The maximum Gasteiger partial charge on any atom is 0.435 e. The minimum absolute atomic E-state index is 0.139. The molecule has 0 radical (unpaired) electrons. The highest BCUT2D eigenvalue weighted by molar-refractivity contribution is 6.32. The van der Waals surface area contributed by atoms with Gasteiger partial charge in [0.1, 0.15) is 5.66 Å². The van der Waals surface area contributed by atoms with Crippen LogP contribution in [0.5, 0.6) is 0 Å². The van der Waals surface area contributed by atoms with E-state index in [-0.39, 0.29) is 16.9 Å². The summed E-state index contributed by atoms with van der Waals surface area (Å²) in [5, 5.41) is 3.79. The van der Waals surface area contributed by atoms with Crippen LogP contribution >= 0.6 is 11.6 Å². The predicted molar refractivity (Wildman–Crippen MR) is 105 cm³/mol. The van der Waals surface area contributed by atoms with E-state index in [2.05, 4.69) is 15.1 Å². The third kappa shape index (κ3) is 3.52. The number of benzene rings is 1. The molecule has 1 spiro atoms. The monoisotopic (exact) mass is 425 g/mol. The topological polar surface area (TPSA) is 97.8 Å². The lowest BCUT2D eigenvalue weighted by Crippen LogP contribution is -2.58. The molecule has 7 nitrogen and oxygen atoms in total. The van der Waals surface area contributed by atoms with Crippen LogP contribution in [-0.4, -0.2) is 27.4 Å². The molecule has 1 aliphatic carbocycles. The molecule has 1 fully saturated rings. The van der Waals surface area contributed by atoms with E-state index in [0.717, 1.165) is 42.9 Å². The van der Waals surface area contributed by atoms with Crippen LogP contribution in [0.1, 0.15) is 37.8 Å². The molecule has 154 valence electrons. The lowest BCUT2D eigenvalue weighted by atomic mass is 9.87. The second-order valence-corrected chi connectivity index (χ2v) is 7.50. The molecule has 0 bridgehead atoms. The van der Waals surface area contributed by atoms with Gasteiger partial charge in [-0.3, -0.25) is 4.90 Å². The van der Waals surface area contributed by atoms with Gasteiger partial charge in [0.05, 0.1) is 10.7 Å². The highest BCUT2D eigenvalue weighted by atomic mass is 35.5. The SMILES string of the molecule is NC1=NC2(CCCCC2)N(c2ccc(-n3ccc(C(F)(F)F)n3)c(Cl)c2)C(N)=N1. The number of alkyl halides is 3. The number of guanidine groups is 2. The molecule has 29 heavy (non-hydrogen) atoms.